The summed E-state index contributed by atoms with van der Waals surface area (Å²) in [5.74, 6) is -0.168. The largest absolute Gasteiger partial charge is 0.497 e. The fraction of sp³-hybridized carbons (Fsp3) is 0.261. The number of amides is 1. The van der Waals surface area contributed by atoms with E-state index in [1.807, 2.05) is 0 Å². The van der Waals surface area contributed by atoms with E-state index in [4.69, 9.17) is 4.74 Å². The average Bonchev–Trinajstić information content (AvgIpc) is 2.76. The van der Waals surface area contributed by atoms with Crippen molar-refractivity contribution in [3.8, 4) is 5.75 Å². The van der Waals surface area contributed by atoms with Crippen molar-refractivity contribution >= 4 is 16.1 Å². The van der Waals surface area contributed by atoms with Crippen LogP contribution in [-0.2, 0) is 6.42 Å². The van der Waals surface area contributed by atoms with Crippen molar-refractivity contribution in [1.29, 1.82) is 0 Å². The number of hydrogen-bond acceptors (Lipinski definition) is 4. The van der Waals surface area contributed by atoms with Gasteiger partial charge in [-0.05, 0) is 41.3 Å². The van der Waals surface area contributed by atoms with Crippen molar-refractivity contribution in [3.63, 3.8) is 0 Å². The molecule has 0 radical (unpaired) electrons. The highest BCUT2D eigenvalue weighted by atomic mass is 32.5. The van der Waals surface area contributed by atoms with Gasteiger partial charge in [0.1, 0.15) is 22.2 Å². The Morgan fingerprint density at radius 3 is 2.14 bits per heavy atom. The number of nitrogens with one attached hydrogen (secondary N) is 2. The lowest BCUT2D eigenvalue weighted by Crippen LogP contribution is -2.33. The molecule has 3 aromatic rings. The normalized spacial score (nSPS) is 14.7. The molecule has 0 spiro atoms. The van der Waals surface area contributed by atoms with Crippen LogP contribution in [0.2, 0.25) is 0 Å². The molecule has 1 atom stereocenters. The van der Waals surface area contributed by atoms with Crippen LogP contribution in [-0.4, -0.2) is 23.0 Å². The van der Waals surface area contributed by atoms with E-state index < -0.39 is 32.6 Å². The lowest BCUT2D eigenvalue weighted by atomic mass is 9.96. The zero-order valence-electron chi connectivity index (χ0n) is 19.0. The molecule has 12 heteroatoms. The Morgan fingerprint density at radius 2 is 1.63 bits per heavy atom. The molecule has 0 aliphatic heterocycles. The van der Waals surface area contributed by atoms with E-state index in [1.54, 1.807) is 38.1 Å². The van der Waals surface area contributed by atoms with Crippen LogP contribution in [0.15, 0.2) is 64.3 Å². The second kappa shape index (κ2) is 8.67. The maximum atomic E-state index is 13.0. The van der Waals surface area contributed by atoms with Crippen LogP contribution < -0.4 is 15.6 Å². The number of H-pyrrole nitrogens is 1. The first-order chi connectivity index (χ1) is 16.1. The van der Waals surface area contributed by atoms with Gasteiger partial charge in [0.05, 0.1) is 13.2 Å². The van der Waals surface area contributed by atoms with E-state index in [0.717, 1.165) is 23.8 Å². The number of carbonyl (C=O) groups excluding carboxylic acids is 1. The molecule has 2 N–H and O–H groups in total. The van der Waals surface area contributed by atoms with Crippen LogP contribution in [0.5, 0.6) is 5.75 Å². The molecule has 0 fully saturated rings. The summed E-state index contributed by atoms with van der Waals surface area (Å²) in [5.41, 5.74) is 0.249. The maximum absolute atomic E-state index is 13.0. The minimum absolute atomic E-state index is 0.188. The molecule has 0 aliphatic carbocycles. The molecule has 0 aliphatic rings. The lowest BCUT2D eigenvalue weighted by Gasteiger charge is -2.40. The van der Waals surface area contributed by atoms with E-state index in [9.17, 15) is 29.0 Å². The smallest absolute Gasteiger partial charge is 0.310 e. The van der Waals surface area contributed by atoms with Crippen LogP contribution in [0.1, 0.15) is 47.3 Å². The summed E-state index contributed by atoms with van der Waals surface area (Å²) < 4.78 is 70.2. The molecule has 6 nitrogen and oxygen atoms in total. The van der Waals surface area contributed by atoms with E-state index in [-0.39, 0.29) is 29.4 Å². The van der Waals surface area contributed by atoms with Crippen LogP contribution in [0.3, 0.4) is 0 Å². The molecule has 1 unspecified atom stereocenters. The number of methoxy groups -OCH3 is 1. The molecule has 1 amide bonds. The van der Waals surface area contributed by atoms with Crippen LogP contribution >= 0.6 is 10.2 Å². The minimum Gasteiger partial charge on any atom is -0.497 e. The average molecular weight is 518 g/mol. The molecule has 1 heterocycles. The number of carbonyl (C=O) groups is 1. The van der Waals surface area contributed by atoms with Gasteiger partial charge in [-0.1, -0.05) is 57.5 Å². The number of halogens is 5. The van der Waals surface area contributed by atoms with Gasteiger partial charge in [-0.25, -0.2) is 4.98 Å². The fourth-order valence-corrected chi connectivity index (χ4v) is 4.08. The van der Waals surface area contributed by atoms with Crippen molar-refractivity contribution in [1.82, 2.24) is 15.3 Å². The first-order valence-corrected chi connectivity index (χ1v) is 12.4. The summed E-state index contributed by atoms with van der Waals surface area (Å²) in [4.78, 5) is 29.7. The Morgan fingerprint density at radius 1 is 1.03 bits per heavy atom. The SMILES string of the molecule is COc1ccc(Cc2nc(C(=O)NC(c3ccc(S(F)(F)(F)(F)F)cc3)C(C)C)cc(=O)[nH]2)cc1. The molecular formula is C23H24F5N3O3S. The Labute approximate surface area is 198 Å². The zero-order valence-corrected chi connectivity index (χ0v) is 19.8. The van der Waals surface area contributed by atoms with Gasteiger partial charge in [0.15, 0.2) is 0 Å². The Hall–Kier alpha value is -3.41. The number of nitrogens with zero attached hydrogens (tertiary/aromatic N) is 1. The predicted molar refractivity (Wildman–Crippen MR) is 124 cm³/mol. The predicted octanol–water partition coefficient (Wildman–Crippen LogP) is 6.15. The summed E-state index contributed by atoms with van der Waals surface area (Å²) >= 11 is 0. The molecule has 1 aromatic heterocycles. The van der Waals surface area contributed by atoms with Crippen molar-refractivity contribution in [2.24, 2.45) is 5.92 Å². The van der Waals surface area contributed by atoms with E-state index in [1.165, 1.54) is 7.11 Å². The molecular weight excluding hydrogens is 493 g/mol. The van der Waals surface area contributed by atoms with Crippen LogP contribution in [0.4, 0.5) is 19.4 Å². The standard InChI is InChI=1S/C23H24F5N3O3S/c1-14(2)22(16-6-10-18(11-7-16)35(24,25,26,27)28)31-23(33)19-13-21(32)30-20(29-19)12-15-4-8-17(34-3)9-5-15/h4-11,13-14,22H,12H2,1-3H3,(H,31,33)(H,29,30,32). The number of rotatable bonds is 8. The highest BCUT2D eigenvalue weighted by Crippen LogP contribution is 3.02. The van der Waals surface area contributed by atoms with Crippen molar-refractivity contribution in [2.45, 2.75) is 31.2 Å². The van der Waals surface area contributed by atoms with Crippen molar-refractivity contribution in [2.75, 3.05) is 7.11 Å². The number of aromatic amines is 1. The number of aromatic nitrogens is 2. The van der Waals surface area contributed by atoms with E-state index in [0.29, 0.717) is 17.9 Å². The number of ether oxygens (including phenoxy) is 1. The lowest BCUT2D eigenvalue weighted by molar-refractivity contribution is 0.0919. The topological polar surface area (TPSA) is 84.1 Å². The molecule has 0 saturated heterocycles. The number of hydrogen-bond donors (Lipinski definition) is 2. The van der Waals surface area contributed by atoms with Gasteiger partial charge in [-0.3, -0.25) is 9.59 Å². The zero-order chi connectivity index (χ0) is 26.1. The third kappa shape index (κ3) is 6.81. The van der Waals surface area contributed by atoms with Gasteiger partial charge in [-0.2, -0.15) is 0 Å². The molecule has 35 heavy (non-hydrogen) atoms. The van der Waals surface area contributed by atoms with Gasteiger partial charge in [0.2, 0.25) is 0 Å². The summed E-state index contributed by atoms with van der Waals surface area (Å²) in [5, 5.41) is 2.63. The third-order valence-corrected chi connectivity index (χ3v) is 6.35. The van der Waals surface area contributed by atoms with Crippen LogP contribution in [0.25, 0.3) is 0 Å². The quantitative estimate of drug-likeness (QED) is 0.351. The molecule has 190 valence electrons. The highest BCUT2D eigenvalue weighted by Gasteiger charge is 2.65. The third-order valence-electron chi connectivity index (χ3n) is 5.19. The molecule has 0 bridgehead atoms. The molecule has 3 rings (SSSR count). The summed E-state index contributed by atoms with van der Waals surface area (Å²) in [6.07, 6.45) is 0.226. The minimum atomic E-state index is -9.81. The Bertz CT molecular complexity index is 1280. The highest BCUT2D eigenvalue weighted by molar-refractivity contribution is 8.45. The van der Waals surface area contributed by atoms with E-state index in [2.05, 4.69) is 15.3 Å². The van der Waals surface area contributed by atoms with Gasteiger partial charge in [-0.15, -0.1) is 0 Å². The van der Waals surface area contributed by atoms with Crippen molar-refractivity contribution < 1.29 is 29.0 Å². The fourth-order valence-electron chi connectivity index (χ4n) is 3.43. The van der Waals surface area contributed by atoms with Gasteiger partial charge in [0.25, 0.3) is 11.5 Å². The Kier molecular flexibility index (Phi) is 6.49. The van der Waals surface area contributed by atoms with Gasteiger partial charge in [0, 0.05) is 12.5 Å². The first-order valence-electron chi connectivity index (χ1n) is 10.4. The summed E-state index contributed by atoms with van der Waals surface area (Å²) in [6, 6.07) is 9.61. The van der Waals surface area contributed by atoms with Crippen LogP contribution in [0, 0.1) is 5.92 Å². The van der Waals surface area contributed by atoms with Crippen molar-refractivity contribution in [3.05, 3.63) is 87.6 Å². The summed E-state index contributed by atoms with van der Waals surface area (Å²) in [7, 11) is -8.28. The van der Waals surface area contributed by atoms with Gasteiger partial charge >= 0.3 is 10.2 Å². The Balaban J connectivity index is 1.83. The first kappa shape index (κ1) is 26.2. The second-order valence-corrected chi connectivity index (χ2v) is 10.7. The second-order valence-electron chi connectivity index (χ2n) is 8.34. The van der Waals surface area contributed by atoms with Gasteiger partial charge < -0.3 is 15.0 Å². The van der Waals surface area contributed by atoms with E-state index >= 15 is 0 Å². The number of benzene rings is 2. The maximum Gasteiger partial charge on any atom is 0.310 e. The molecule has 0 saturated carbocycles. The monoisotopic (exact) mass is 517 g/mol. The summed E-state index contributed by atoms with van der Waals surface area (Å²) in [6.45, 7) is 3.40. The molecule has 2 aromatic carbocycles.